The van der Waals surface area contributed by atoms with Gasteiger partial charge in [0, 0.05) is 10.6 Å². The van der Waals surface area contributed by atoms with Crippen LogP contribution in [-0.2, 0) is 4.79 Å². The second-order valence-corrected chi connectivity index (χ2v) is 6.20. The number of hydrogen-bond acceptors (Lipinski definition) is 4. The second kappa shape index (κ2) is 8.37. The Kier molecular flexibility index (Phi) is 6.21. The van der Waals surface area contributed by atoms with Gasteiger partial charge >= 0.3 is 0 Å². The third kappa shape index (κ3) is 4.85. The number of nitriles is 1. The molecule has 0 aromatic heterocycles. The van der Waals surface area contributed by atoms with Gasteiger partial charge in [-0.05, 0) is 24.6 Å². The minimum atomic E-state index is -1.22. The Bertz CT molecular complexity index is 698. The van der Waals surface area contributed by atoms with E-state index in [-0.39, 0.29) is 5.92 Å². The third-order valence-corrected chi connectivity index (χ3v) is 4.55. The highest BCUT2D eigenvalue weighted by Gasteiger charge is 2.18. The van der Waals surface area contributed by atoms with Crippen LogP contribution in [0.3, 0.4) is 0 Å². The van der Waals surface area contributed by atoms with Gasteiger partial charge in [-0.1, -0.05) is 42.5 Å². The first-order valence-corrected chi connectivity index (χ1v) is 8.25. The van der Waals surface area contributed by atoms with Gasteiger partial charge in [0.15, 0.2) is 6.10 Å². The summed E-state index contributed by atoms with van der Waals surface area (Å²) in [6.45, 7) is 1.85. The smallest absolute Gasteiger partial charge is 0.257 e. The summed E-state index contributed by atoms with van der Waals surface area (Å²) in [6.07, 6.45) is -1.22. The van der Waals surface area contributed by atoms with Crippen molar-refractivity contribution >= 4 is 23.4 Å². The molecule has 0 heterocycles. The standard InChI is InChI=1S/C18H18N2O2S/c1-13(11-19)12-23-16-10-6-5-9-15(16)20-18(22)17(21)14-7-3-2-4-8-14/h2-10,13,17,21H,12H2,1H3,(H,20,22). The van der Waals surface area contributed by atoms with Gasteiger partial charge in [-0.25, -0.2) is 0 Å². The lowest BCUT2D eigenvalue weighted by atomic mass is 10.1. The van der Waals surface area contributed by atoms with Crippen molar-refractivity contribution in [2.24, 2.45) is 5.92 Å². The largest absolute Gasteiger partial charge is 0.378 e. The molecule has 0 fully saturated rings. The minimum Gasteiger partial charge on any atom is -0.378 e. The molecule has 23 heavy (non-hydrogen) atoms. The van der Waals surface area contributed by atoms with Gasteiger partial charge in [0.25, 0.3) is 5.91 Å². The molecule has 0 aliphatic carbocycles. The molecule has 2 N–H and O–H groups in total. The number of nitrogens with one attached hydrogen (secondary N) is 1. The zero-order valence-corrected chi connectivity index (χ0v) is 13.6. The highest BCUT2D eigenvalue weighted by Crippen LogP contribution is 2.29. The van der Waals surface area contributed by atoms with Crippen molar-refractivity contribution < 1.29 is 9.90 Å². The quantitative estimate of drug-likeness (QED) is 0.795. The third-order valence-electron chi connectivity index (χ3n) is 3.22. The number of aliphatic hydroxyl groups excluding tert-OH is 1. The number of benzene rings is 2. The number of carbonyl (C=O) groups excluding carboxylic acids is 1. The van der Waals surface area contributed by atoms with Gasteiger partial charge < -0.3 is 10.4 Å². The molecule has 2 unspecified atom stereocenters. The summed E-state index contributed by atoms with van der Waals surface area (Å²) in [5.74, 6) is 0.0983. The molecule has 0 bridgehead atoms. The number of thioether (sulfide) groups is 1. The Hall–Kier alpha value is -2.29. The first-order valence-electron chi connectivity index (χ1n) is 7.27. The van der Waals surface area contributed by atoms with E-state index in [4.69, 9.17) is 5.26 Å². The molecule has 2 aromatic rings. The number of carbonyl (C=O) groups is 1. The van der Waals surface area contributed by atoms with Gasteiger partial charge in [-0.15, -0.1) is 11.8 Å². The number of nitrogens with zero attached hydrogens (tertiary/aromatic N) is 1. The lowest BCUT2D eigenvalue weighted by Crippen LogP contribution is -2.21. The number of aliphatic hydroxyl groups is 1. The number of rotatable bonds is 6. The van der Waals surface area contributed by atoms with E-state index in [9.17, 15) is 9.90 Å². The van der Waals surface area contributed by atoms with Gasteiger partial charge in [-0.3, -0.25) is 4.79 Å². The van der Waals surface area contributed by atoms with Crippen molar-refractivity contribution in [2.45, 2.75) is 17.9 Å². The number of anilines is 1. The summed E-state index contributed by atoms with van der Waals surface area (Å²) < 4.78 is 0. The molecule has 1 amide bonds. The van der Waals surface area contributed by atoms with Crippen LogP contribution in [0.1, 0.15) is 18.6 Å². The van der Waals surface area contributed by atoms with Crippen molar-refractivity contribution in [1.82, 2.24) is 0 Å². The summed E-state index contributed by atoms with van der Waals surface area (Å²) in [5.41, 5.74) is 1.19. The average molecular weight is 326 g/mol. The molecule has 4 nitrogen and oxygen atoms in total. The zero-order chi connectivity index (χ0) is 16.7. The lowest BCUT2D eigenvalue weighted by Gasteiger charge is -2.14. The fraction of sp³-hybridized carbons (Fsp3) is 0.222. The minimum absolute atomic E-state index is 0.0707. The van der Waals surface area contributed by atoms with Crippen molar-refractivity contribution in [2.75, 3.05) is 11.1 Å². The fourth-order valence-electron chi connectivity index (χ4n) is 1.94. The molecule has 0 saturated carbocycles. The van der Waals surface area contributed by atoms with Gasteiger partial charge in [-0.2, -0.15) is 5.26 Å². The predicted octanol–water partition coefficient (Wildman–Crippen LogP) is 3.61. The molecule has 0 radical (unpaired) electrons. The van der Waals surface area contributed by atoms with Crippen LogP contribution < -0.4 is 5.32 Å². The summed E-state index contributed by atoms with van der Waals surface area (Å²) in [4.78, 5) is 13.1. The molecule has 2 atom stereocenters. The highest BCUT2D eigenvalue weighted by molar-refractivity contribution is 7.99. The zero-order valence-electron chi connectivity index (χ0n) is 12.8. The summed E-state index contributed by atoms with van der Waals surface area (Å²) in [7, 11) is 0. The first-order chi connectivity index (χ1) is 11.1. The SMILES string of the molecule is CC(C#N)CSc1ccccc1NC(=O)C(O)c1ccccc1. The van der Waals surface area contributed by atoms with Crippen molar-refractivity contribution in [3.63, 3.8) is 0 Å². The summed E-state index contributed by atoms with van der Waals surface area (Å²) in [6, 6.07) is 18.4. The van der Waals surface area contributed by atoms with E-state index in [0.29, 0.717) is 17.0 Å². The molecular formula is C18H18N2O2S. The Balaban J connectivity index is 2.08. The Morgan fingerprint density at radius 2 is 1.87 bits per heavy atom. The van der Waals surface area contributed by atoms with Crippen LogP contribution in [0.4, 0.5) is 5.69 Å². The average Bonchev–Trinajstić information content (AvgIpc) is 2.60. The Morgan fingerprint density at radius 1 is 1.22 bits per heavy atom. The topological polar surface area (TPSA) is 73.1 Å². The normalized spacial score (nSPS) is 12.9. The second-order valence-electron chi connectivity index (χ2n) is 5.14. The number of hydrogen-bond donors (Lipinski definition) is 2. The van der Waals surface area contributed by atoms with Crippen LogP contribution in [0.2, 0.25) is 0 Å². The van der Waals surface area contributed by atoms with Gasteiger partial charge in [0.2, 0.25) is 0 Å². The maximum Gasteiger partial charge on any atom is 0.257 e. The molecule has 2 rings (SSSR count). The first kappa shape index (κ1) is 17.1. The van der Waals surface area contributed by atoms with Gasteiger partial charge in [0.05, 0.1) is 17.7 Å². The monoisotopic (exact) mass is 326 g/mol. The van der Waals surface area contributed by atoms with Crippen LogP contribution in [0.15, 0.2) is 59.5 Å². The Labute approximate surface area is 140 Å². The molecular weight excluding hydrogens is 308 g/mol. The molecule has 0 aliphatic heterocycles. The molecule has 0 saturated heterocycles. The van der Waals surface area contributed by atoms with Crippen LogP contribution in [0, 0.1) is 17.2 Å². The van der Waals surface area contributed by atoms with Crippen LogP contribution in [0.25, 0.3) is 0 Å². The van der Waals surface area contributed by atoms with Crippen molar-refractivity contribution in [3.05, 3.63) is 60.2 Å². The van der Waals surface area contributed by atoms with Crippen LogP contribution >= 0.6 is 11.8 Å². The van der Waals surface area contributed by atoms with E-state index in [0.717, 1.165) is 4.90 Å². The summed E-state index contributed by atoms with van der Waals surface area (Å²) in [5, 5.41) is 21.8. The van der Waals surface area contributed by atoms with E-state index in [1.54, 1.807) is 30.3 Å². The van der Waals surface area contributed by atoms with Crippen molar-refractivity contribution in [1.29, 1.82) is 5.26 Å². The number of para-hydroxylation sites is 1. The van der Waals surface area contributed by atoms with E-state index in [1.807, 2.05) is 31.2 Å². The van der Waals surface area contributed by atoms with Crippen LogP contribution in [0.5, 0.6) is 0 Å². The van der Waals surface area contributed by atoms with Crippen LogP contribution in [-0.4, -0.2) is 16.8 Å². The molecule has 5 heteroatoms. The molecule has 2 aromatic carbocycles. The van der Waals surface area contributed by atoms with E-state index < -0.39 is 12.0 Å². The Morgan fingerprint density at radius 3 is 2.57 bits per heavy atom. The maximum absolute atomic E-state index is 12.2. The van der Waals surface area contributed by atoms with Gasteiger partial charge in [0.1, 0.15) is 0 Å². The highest BCUT2D eigenvalue weighted by atomic mass is 32.2. The molecule has 0 aliphatic rings. The molecule has 118 valence electrons. The maximum atomic E-state index is 12.2. The van der Waals surface area contributed by atoms with E-state index >= 15 is 0 Å². The fourth-order valence-corrected chi connectivity index (χ4v) is 2.89. The molecule has 0 spiro atoms. The predicted molar refractivity (Wildman–Crippen MR) is 92.0 cm³/mol. The van der Waals surface area contributed by atoms with E-state index in [1.165, 1.54) is 11.8 Å². The lowest BCUT2D eigenvalue weighted by molar-refractivity contribution is -0.124. The summed E-state index contributed by atoms with van der Waals surface area (Å²) >= 11 is 1.51. The van der Waals surface area contributed by atoms with E-state index in [2.05, 4.69) is 11.4 Å². The van der Waals surface area contributed by atoms with Crippen molar-refractivity contribution in [3.8, 4) is 6.07 Å². The number of amides is 1.